The molecule has 1 heterocycles. The number of sulfonamides is 1. The van der Waals surface area contributed by atoms with Crippen LogP contribution in [0, 0.1) is 13.8 Å². The van der Waals surface area contributed by atoms with E-state index in [-0.39, 0.29) is 0 Å². The van der Waals surface area contributed by atoms with E-state index in [2.05, 4.69) is 9.62 Å². The highest BCUT2D eigenvalue weighted by molar-refractivity contribution is 7.89. The van der Waals surface area contributed by atoms with Crippen LogP contribution in [0.25, 0.3) is 0 Å². The van der Waals surface area contributed by atoms with E-state index in [0.29, 0.717) is 34.3 Å². The second-order valence-electron chi connectivity index (χ2n) is 5.61. The van der Waals surface area contributed by atoms with Gasteiger partial charge in [-0.3, -0.25) is 0 Å². The summed E-state index contributed by atoms with van der Waals surface area (Å²) in [6, 6.07) is 3.69. The van der Waals surface area contributed by atoms with Crippen molar-refractivity contribution in [3.63, 3.8) is 0 Å². The van der Waals surface area contributed by atoms with Crippen LogP contribution in [0.2, 0.25) is 0 Å². The quantitative estimate of drug-likeness (QED) is 0.820. The molecule has 20 heavy (non-hydrogen) atoms. The van der Waals surface area contributed by atoms with Gasteiger partial charge in [-0.1, -0.05) is 0 Å². The van der Waals surface area contributed by atoms with Crippen LogP contribution in [0.15, 0.2) is 17.0 Å². The van der Waals surface area contributed by atoms with Crippen LogP contribution in [0.4, 0.5) is 5.69 Å². The summed E-state index contributed by atoms with van der Waals surface area (Å²) < 4.78 is 27.7. The van der Waals surface area contributed by atoms with E-state index in [0.717, 1.165) is 19.4 Å². The third-order valence-corrected chi connectivity index (χ3v) is 5.66. The summed E-state index contributed by atoms with van der Waals surface area (Å²) >= 11 is 0. The zero-order valence-electron chi connectivity index (χ0n) is 12.3. The minimum Gasteiger partial charge on any atom is -0.399 e. The highest BCUT2D eigenvalue weighted by Crippen LogP contribution is 2.23. The van der Waals surface area contributed by atoms with Crippen LogP contribution in [0.5, 0.6) is 0 Å². The Hall–Kier alpha value is -1.11. The van der Waals surface area contributed by atoms with Crippen LogP contribution < -0.4 is 10.5 Å². The molecule has 112 valence electrons. The molecule has 1 fully saturated rings. The monoisotopic (exact) mass is 297 g/mol. The third-order valence-electron chi connectivity index (χ3n) is 3.93. The van der Waals surface area contributed by atoms with Gasteiger partial charge in [-0.25, -0.2) is 13.1 Å². The first kappa shape index (κ1) is 15.3. The fourth-order valence-electron chi connectivity index (χ4n) is 2.92. The van der Waals surface area contributed by atoms with E-state index in [4.69, 9.17) is 5.73 Å². The molecule has 6 heteroatoms. The Labute approximate surface area is 121 Å². The third kappa shape index (κ3) is 3.13. The Bertz CT molecular complexity index is 575. The number of hydrogen-bond acceptors (Lipinski definition) is 4. The molecule has 1 aromatic rings. The summed E-state index contributed by atoms with van der Waals surface area (Å²) in [5.41, 5.74) is 7.71. The molecule has 1 atom stereocenters. The van der Waals surface area contributed by atoms with Gasteiger partial charge in [-0.05, 0) is 63.5 Å². The van der Waals surface area contributed by atoms with Gasteiger partial charge >= 0.3 is 0 Å². The number of nitrogens with zero attached hydrogens (tertiary/aromatic N) is 1. The second kappa shape index (κ2) is 5.71. The number of likely N-dealkylation sites (tertiary alicyclic amines) is 1. The number of hydrogen-bond donors (Lipinski definition) is 2. The van der Waals surface area contributed by atoms with Gasteiger partial charge in [0.15, 0.2) is 0 Å². The van der Waals surface area contributed by atoms with Crippen molar-refractivity contribution >= 4 is 15.7 Å². The molecule has 5 nitrogen and oxygen atoms in total. The van der Waals surface area contributed by atoms with Gasteiger partial charge in [0, 0.05) is 18.3 Å². The first-order chi connectivity index (χ1) is 9.31. The number of benzene rings is 1. The average Bonchev–Trinajstić information content (AvgIpc) is 2.70. The molecule has 1 aromatic carbocycles. The largest absolute Gasteiger partial charge is 0.399 e. The first-order valence-electron chi connectivity index (χ1n) is 6.88. The Morgan fingerprint density at radius 1 is 1.35 bits per heavy atom. The predicted octanol–water partition coefficient (Wildman–Crippen LogP) is 1.26. The Kier molecular flexibility index (Phi) is 4.36. The number of nitrogen functional groups attached to an aromatic ring is 1. The van der Waals surface area contributed by atoms with Crippen molar-refractivity contribution in [1.82, 2.24) is 9.62 Å². The lowest BCUT2D eigenvalue weighted by atomic mass is 10.1. The maximum Gasteiger partial charge on any atom is 0.241 e. The zero-order valence-corrected chi connectivity index (χ0v) is 13.1. The van der Waals surface area contributed by atoms with Crippen molar-refractivity contribution < 1.29 is 8.42 Å². The maximum absolute atomic E-state index is 12.5. The Morgan fingerprint density at radius 2 is 1.95 bits per heavy atom. The molecule has 0 aromatic heterocycles. The number of rotatable bonds is 4. The van der Waals surface area contributed by atoms with Gasteiger partial charge in [0.25, 0.3) is 0 Å². The molecular formula is C14H23N3O2S. The minimum absolute atomic E-state index is 0.291. The molecule has 3 N–H and O–H groups in total. The second-order valence-corrected chi connectivity index (χ2v) is 7.32. The molecule has 1 aliphatic rings. The number of anilines is 1. The summed E-state index contributed by atoms with van der Waals surface area (Å²) in [5.74, 6) is 0. The summed E-state index contributed by atoms with van der Waals surface area (Å²) in [6.07, 6.45) is 2.17. The van der Waals surface area contributed by atoms with Gasteiger partial charge < -0.3 is 10.6 Å². The molecule has 0 aliphatic carbocycles. The van der Waals surface area contributed by atoms with Gasteiger partial charge in [0.1, 0.15) is 0 Å². The van der Waals surface area contributed by atoms with Crippen molar-refractivity contribution in [1.29, 1.82) is 0 Å². The maximum atomic E-state index is 12.5. The zero-order chi connectivity index (χ0) is 14.9. The van der Waals surface area contributed by atoms with Gasteiger partial charge in [-0.15, -0.1) is 0 Å². The molecular weight excluding hydrogens is 274 g/mol. The highest BCUT2D eigenvalue weighted by Gasteiger charge is 2.25. The van der Waals surface area contributed by atoms with Crippen LogP contribution >= 0.6 is 0 Å². The normalized spacial score (nSPS) is 20.4. The van der Waals surface area contributed by atoms with E-state index >= 15 is 0 Å². The summed E-state index contributed by atoms with van der Waals surface area (Å²) in [5, 5.41) is 0. The van der Waals surface area contributed by atoms with Crippen molar-refractivity contribution in [3.8, 4) is 0 Å². The van der Waals surface area contributed by atoms with Crippen molar-refractivity contribution in [2.75, 3.05) is 25.9 Å². The summed E-state index contributed by atoms with van der Waals surface area (Å²) in [7, 11) is -1.45. The number of likely N-dealkylation sites (N-methyl/N-ethyl adjacent to an activating group) is 1. The average molecular weight is 297 g/mol. The van der Waals surface area contributed by atoms with Gasteiger partial charge in [-0.2, -0.15) is 0 Å². The van der Waals surface area contributed by atoms with Crippen LogP contribution in [-0.4, -0.2) is 39.5 Å². The van der Waals surface area contributed by atoms with Crippen molar-refractivity contribution in [2.24, 2.45) is 0 Å². The fraction of sp³-hybridized carbons (Fsp3) is 0.571. The van der Waals surface area contributed by atoms with E-state index < -0.39 is 10.0 Å². The fourth-order valence-corrected chi connectivity index (χ4v) is 4.44. The van der Waals surface area contributed by atoms with E-state index in [1.165, 1.54) is 0 Å². The smallest absolute Gasteiger partial charge is 0.241 e. The summed E-state index contributed by atoms with van der Waals surface area (Å²) in [6.45, 7) is 5.05. The molecule has 1 aliphatic heterocycles. The van der Waals surface area contributed by atoms with Crippen LogP contribution in [-0.2, 0) is 10.0 Å². The molecule has 0 radical (unpaired) electrons. The Balaban J connectivity index is 2.18. The van der Waals surface area contributed by atoms with Crippen LogP contribution in [0.1, 0.15) is 24.0 Å². The predicted molar refractivity (Wildman–Crippen MR) is 81.2 cm³/mol. The van der Waals surface area contributed by atoms with E-state index in [9.17, 15) is 8.42 Å². The first-order valence-corrected chi connectivity index (χ1v) is 8.36. The lowest BCUT2D eigenvalue weighted by molar-refractivity contribution is 0.311. The number of aryl methyl sites for hydroxylation is 2. The molecule has 0 spiro atoms. The Morgan fingerprint density at radius 3 is 2.45 bits per heavy atom. The lowest BCUT2D eigenvalue weighted by Crippen LogP contribution is -2.38. The molecule has 1 unspecified atom stereocenters. The molecule has 0 bridgehead atoms. The van der Waals surface area contributed by atoms with Crippen molar-refractivity contribution in [2.45, 2.75) is 37.6 Å². The minimum atomic E-state index is -3.48. The number of nitrogens with one attached hydrogen (secondary N) is 1. The topological polar surface area (TPSA) is 75.4 Å². The highest BCUT2D eigenvalue weighted by atomic mass is 32.2. The van der Waals surface area contributed by atoms with Gasteiger partial charge in [0.05, 0.1) is 4.90 Å². The van der Waals surface area contributed by atoms with Gasteiger partial charge in [0.2, 0.25) is 10.0 Å². The summed E-state index contributed by atoms with van der Waals surface area (Å²) in [4.78, 5) is 2.55. The lowest BCUT2D eigenvalue weighted by Gasteiger charge is -2.20. The number of nitrogens with two attached hydrogens (primary N) is 1. The standard InChI is InChI=1S/C14H23N3O2S/c1-10-7-12(15)8-11(2)14(10)20(18,19)16-9-13-5-4-6-17(13)3/h7-8,13,16H,4-6,9,15H2,1-3H3. The molecule has 0 saturated carbocycles. The van der Waals surface area contributed by atoms with E-state index in [1.807, 2.05) is 7.05 Å². The van der Waals surface area contributed by atoms with Crippen molar-refractivity contribution in [3.05, 3.63) is 23.3 Å². The molecule has 2 rings (SSSR count). The van der Waals surface area contributed by atoms with Crippen LogP contribution in [0.3, 0.4) is 0 Å². The SMILES string of the molecule is Cc1cc(N)cc(C)c1S(=O)(=O)NCC1CCCN1C. The van der Waals surface area contributed by atoms with E-state index in [1.54, 1.807) is 26.0 Å². The molecule has 0 amide bonds. The molecule has 1 saturated heterocycles.